The number of fused-ring (bicyclic) bond motifs is 1. The molecule has 2 aliphatic carbocycles. The highest BCUT2D eigenvalue weighted by molar-refractivity contribution is 6.23. The van der Waals surface area contributed by atoms with Crippen molar-refractivity contribution in [2.45, 2.75) is 38.6 Å². The number of rotatable bonds is 3. The summed E-state index contributed by atoms with van der Waals surface area (Å²) < 4.78 is 5.24. The van der Waals surface area contributed by atoms with E-state index in [2.05, 4.69) is 5.32 Å². The standard InChI is InChI=1S/C15H15NO4/c1-8(17)13-6-10-12(18)7-11(14(19)15(10)20-13)16-9-4-2-3-5-9/h6-7,9,16H,2-5H2,1H3. The number of allylic oxidation sites excluding steroid dienone is 2. The summed E-state index contributed by atoms with van der Waals surface area (Å²) >= 11 is 0. The number of Topliss-reactive ketones (excluding diaryl/α,β-unsaturated/α-hetero) is 2. The quantitative estimate of drug-likeness (QED) is 0.855. The molecule has 0 bridgehead atoms. The number of hydrogen-bond donors (Lipinski definition) is 1. The van der Waals surface area contributed by atoms with Gasteiger partial charge >= 0.3 is 0 Å². The van der Waals surface area contributed by atoms with Crippen LogP contribution in [0.25, 0.3) is 0 Å². The number of furan rings is 1. The highest BCUT2D eigenvalue weighted by Crippen LogP contribution is 2.26. The highest BCUT2D eigenvalue weighted by Gasteiger charge is 2.32. The molecule has 0 aliphatic heterocycles. The summed E-state index contributed by atoms with van der Waals surface area (Å²) in [4.78, 5) is 35.6. The van der Waals surface area contributed by atoms with Crippen LogP contribution in [0.4, 0.5) is 0 Å². The lowest BCUT2D eigenvalue weighted by molar-refractivity contribution is 0.0942. The van der Waals surface area contributed by atoms with Crippen LogP contribution in [0.5, 0.6) is 0 Å². The Morgan fingerprint density at radius 1 is 1.30 bits per heavy atom. The highest BCUT2D eigenvalue weighted by atomic mass is 16.4. The molecule has 20 heavy (non-hydrogen) atoms. The van der Waals surface area contributed by atoms with Gasteiger partial charge in [-0.2, -0.15) is 0 Å². The molecular formula is C15H15NO4. The van der Waals surface area contributed by atoms with E-state index in [4.69, 9.17) is 4.42 Å². The van der Waals surface area contributed by atoms with Crippen molar-refractivity contribution in [3.05, 3.63) is 34.9 Å². The van der Waals surface area contributed by atoms with Crippen molar-refractivity contribution >= 4 is 17.3 Å². The van der Waals surface area contributed by atoms with Crippen molar-refractivity contribution in [1.82, 2.24) is 5.32 Å². The van der Waals surface area contributed by atoms with Gasteiger partial charge in [0.25, 0.3) is 0 Å². The normalized spacial score (nSPS) is 18.9. The first kappa shape index (κ1) is 12.8. The van der Waals surface area contributed by atoms with E-state index < -0.39 is 0 Å². The van der Waals surface area contributed by atoms with Crippen LogP contribution in [-0.2, 0) is 0 Å². The fourth-order valence-electron chi connectivity index (χ4n) is 2.71. The van der Waals surface area contributed by atoms with E-state index in [-0.39, 0.29) is 46.2 Å². The third kappa shape index (κ3) is 2.09. The van der Waals surface area contributed by atoms with Gasteiger partial charge in [-0.3, -0.25) is 14.4 Å². The molecule has 0 saturated heterocycles. The Morgan fingerprint density at radius 2 is 2.00 bits per heavy atom. The fourth-order valence-corrected chi connectivity index (χ4v) is 2.71. The van der Waals surface area contributed by atoms with Gasteiger partial charge in [0.15, 0.2) is 23.1 Å². The summed E-state index contributed by atoms with van der Waals surface area (Å²) in [6.07, 6.45) is 5.58. The number of ketones is 3. The lowest BCUT2D eigenvalue weighted by Gasteiger charge is -2.17. The number of carbonyl (C=O) groups is 3. The molecule has 1 aromatic rings. The minimum atomic E-state index is -0.348. The average Bonchev–Trinajstić information content (AvgIpc) is 3.04. The Hall–Kier alpha value is -2.17. The molecule has 0 spiro atoms. The molecule has 0 atom stereocenters. The second kappa shape index (κ2) is 4.74. The maximum atomic E-state index is 12.3. The van der Waals surface area contributed by atoms with Gasteiger partial charge in [-0.1, -0.05) is 12.8 Å². The summed E-state index contributed by atoms with van der Waals surface area (Å²) in [5, 5.41) is 3.12. The van der Waals surface area contributed by atoms with Gasteiger partial charge in [0.1, 0.15) is 0 Å². The lowest BCUT2D eigenvalue weighted by Crippen LogP contribution is -2.32. The van der Waals surface area contributed by atoms with Crippen molar-refractivity contribution in [2.24, 2.45) is 0 Å². The molecule has 1 fully saturated rings. The largest absolute Gasteiger partial charge is 0.449 e. The van der Waals surface area contributed by atoms with Gasteiger partial charge in [0.2, 0.25) is 5.78 Å². The van der Waals surface area contributed by atoms with Crippen LogP contribution in [0.2, 0.25) is 0 Å². The summed E-state index contributed by atoms with van der Waals surface area (Å²) in [6.45, 7) is 1.34. The lowest BCUT2D eigenvalue weighted by atomic mass is 9.99. The summed E-state index contributed by atoms with van der Waals surface area (Å²) in [5.41, 5.74) is 0.455. The van der Waals surface area contributed by atoms with Gasteiger partial charge in [-0.05, 0) is 18.9 Å². The van der Waals surface area contributed by atoms with Crippen LogP contribution >= 0.6 is 0 Å². The van der Waals surface area contributed by atoms with Crippen LogP contribution < -0.4 is 5.32 Å². The second-order valence-electron chi connectivity index (χ2n) is 5.29. The number of hydrogen-bond acceptors (Lipinski definition) is 5. The molecule has 1 aromatic heterocycles. The Bertz CT molecular complexity index is 632. The van der Waals surface area contributed by atoms with Crippen LogP contribution in [0.15, 0.2) is 22.3 Å². The summed E-state index contributed by atoms with van der Waals surface area (Å²) in [5.74, 6) is -0.920. The minimum Gasteiger partial charge on any atom is -0.449 e. The monoisotopic (exact) mass is 273 g/mol. The maximum Gasteiger partial charge on any atom is 0.244 e. The van der Waals surface area contributed by atoms with Crippen LogP contribution in [0.3, 0.4) is 0 Å². The molecule has 5 heteroatoms. The topological polar surface area (TPSA) is 76.4 Å². The number of nitrogens with one attached hydrogen (secondary N) is 1. The van der Waals surface area contributed by atoms with E-state index in [1.54, 1.807) is 0 Å². The van der Waals surface area contributed by atoms with Crippen LogP contribution in [0.1, 0.15) is 64.1 Å². The van der Waals surface area contributed by atoms with E-state index in [0.29, 0.717) is 0 Å². The maximum absolute atomic E-state index is 12.3. The Labute approximate surface area is 116 Å². The predicted molar refractivity (Wildman–Crippen MR) is 70.8 cm³/mol. The van der Waals surface area contributed by atoms with Crippen LogP contribution in [0, 0.1) is 0 Å². The first-order valence-electron chi connectivity index (χ1n) is 6.78. The fraction of sp³-hybridized carbons (Fsp3) is 0.400. The molecule has 0 aromatic carbocycles. The molecule has 5 nitrogen and oxygen atoms in total. The Morgan fingerprint density at radius 3 is 2.65 bits per heavy atom. The third-order valence-corrected chi connectivity index (χ3v) is 3.79. The zero-order valence-corrected chi connectivity index (χ0v) is 11.2. The molecule has 1 N–H and O–H groups in total. The van der Waals surface area contributed by atoms with Gasteiger partial charge in [-0.25, -0.2) is 0 Å². The third-order valence-electron chi connectivity index (χ3n) is 3.79. The van der Waals surface area contributed by atoms with Crippen molar-refractivity contribution in [1.29, 1.82) is 0 Å². The molecule has 0 radical (unpaired) electrons. The van der Waals surface area contributed by atoms with E-state index in [0.717, 1.165) is 25.7 Å². The summed E-state index contributed by atoms with van der Waals surface area (Å²) in [6, 6.07) is 1.59. The van der Waals surface area contributed by atoms with E-state index >= 15 is 0 Å². The Kier molecular flexibility index (Phi) is 3.04. The molecule has 2 aliphatic rings. The Balaban J connectivity index is 1.90. The molecule has 1 saturated carbocycles. The first-order valence-corrected chi connectivity index (χ1v) is 6.78. The van der Waals surface area contributed by atoms with E-state index in [9.17, 15) is 14.4 Å². The first-order chi connectivity index (χ1) is 9.56. The summed E-state index contributed by atoms with van der Waals surface area (Å²) in [7, 11) is 0. The second-order valence-corrected chi connectivity index (χ2v) is 5.29. The van der Waals surface area contributed by atoms with Crippen molar-refractivity contribution in [3.8, 4) is 0 Å². The van der Waals surface area contributed by atoms with Gasteiger partial charge in [-0.15, -0.1) is 0 Å². The molecule has 0 amide bonds. The molecule has 1 heterocycles. The van der Waals surface area contributed by atoms with Crippen molar-refractivity contribution in [3.63, 3.8) is 0 Å². The van der Waals surface area contributed by atoms with Crippen molar-refractivity contribution in [2.75, 3.05) is 0 Å². The van der Waals surface area contributed by atoms with Crippen LogP contribution in [-0.4, -0.2) is 23.4 Å². The number of carbonyl (C=O) groups excluding carboxylic acids is 3. The van der Waals surface area contributed by atoms with Gasteiger partial charge in [0.05, 0.1) is 11.3 Å². The molecule has 104 valence electrons. The minimum absolute atomic E-state index is 0.0248. The predicted octanol–water partition coefficient (Wildman–Crippen LogP) is 2.28. The molecular weight excluding hydrogens is 258 g/mol. The smallest absolute Gasteiger partial charge is 0.244 e. The zero-order valence-electron chi connectivity index (χ0n) is 11.2. The van der Waals surface area contributed by atoms with Gasteiger partial charge < -0.3 is 9.73 Å². The van der Waals surface area contributed by atoms with Gasteiger partial charge in [0, 0.05) is 19.0 Å². The molecule has 3 rings (SSSR count). The van der Waals surface area contributed by atoms with Crippen molar-refractivity contribution < 1.29 is 18.8 Å². The van der Waals surface area contributed by atoms with E-state index in [1.807, 2.05) is 0 Å². The molecule has 0 unspecified atom stereocenters. The zero-order chi connectivity index (χ0) is 14.3. The van der Waals surface area contributed by atoms with E-state index in [1.165, 1.54) is 19.1 Å². The SMILES string of the molecule is CC(=O)c1cc2c(o1)C(=O)C(NC1CCCC1)=CC2=O. The average molecular weight is 273 g/mol.